The number of nitrogens with zero attached hydrogens (tertiary/aromatic N) is 1. The fourth-order valence-corrected chi connectivity index (χ4v) is 3.13. The van der Waals surface area contributed by atoms with E-state index in [0.717, 1.165) is 11.6 Å². The maximum absolute atomic E-state index is 13.5. The van der Waals surface area contributed by atoms with Crippen LogP contribution in [0.3, 0.4) is 0 Å². The first kappa shape index (κ1) is 15.5. The van der Waals surface area contributed by atoms with E-state index in [4.69, 9.17) is 17.3 Å². The normalized spacial score (nSPS) is 11.4. The van der Waals surface area contributed by atoms with Crippen molar-refractivity contribution >= 4 is 33.0 Å². The number of sulfonamides is 1. The molecule has 1 aromatic carbocycles. The van der Waals surface area contributed by atoms with E-state index >= 15 is 0 Å². The van der Waals surface area contributed by atoms with E-state index in [1.165, 1.54) is 19.2 Å². The van der Waals surface area contributed by atoms with Crippen molar-refractivity contribution in [1.82, 2.24) is 4.98 Å². The zero-order chi connectivity index (χ0) is 15.8. The number of aryl methyl sites for hydroxylation is 2. The number of benzene rings is 1. The summed E-state index contributed by atoms with van der Waals surface area (Å²) in [5, 5.41) is 0.0241. The smallest absolute Gasteiger partial charge is 0.262 e. The van der Waals surface area contributed by atoms with Crippen molar-refractivity contribution in [3.05, 3.63) is 46.5 Å². The molecule has 0 amide bonds. The van der Waals surface area contributed by atoms with Gasteiger partial charge in [-0.15, -0.1) is 0 Å². The van der Waals surface area contributed by atoms with Gasteiger partial charge in [0.15, 0.2) is 5.15 Å². The summed E-state index contributed by atoms with van der Waals surface area (Å²) in [6, 6.07) is 3.81. The van der Waals surface area contributed by atoms with Gasteiger partial charge in [-0.2, -0.15) is 0 Å². The van der Waals surface area contributed by atoms with Gasteiger partial charge < -0.3 is 5.73 Å². The number of nitrogens with two attached hydrogens (primary N) is 1. The molecular formula is C13H13ClFN3O2S. The number of hydrogen-bond donors (Lipinski definition) is 2. The van der Waals surface area contributed by atoms with Crippen LogP contribution in [0.25, 0.3) is 0 Å². The lowest BCUT2D eigenvalue weighted by Crippen LogP contribution is -2.14. The zero-order valence-electron chi connectivity index (χ0n) is 11.3. The van der Waals surface area contributed by atoms with Crippen LogP contribution in [-0.2, 0) is 10.0 Å². The Bertz CT molecular complexity index is 786. The van der Waals surface area contributed by atoms with Crippen LogP contribution in [0, 0.1) is 19.7 Å². The van der Waals surface area contributed by atoms with Gasteiger partial charge in [-0.3, -0.25) is 4.72 Å². The molecule has 8 heteroatoms. The Labute approximate surface area is 127 Å². The molecule has 0 unspecified atom stereocenters. The summed E-state index contributed by atoms with van der Waals surface area (Å²) in [6.45, 7) is 3.19. The second kappa shape index (κ2) is 5.50. The predicted molar refractivity (Wildman–Crippen MR) is 80.3 cm³/mol. The van der Waals surface area contributed by atoms with E-state index in [0.29, 0.717) is 0 Å². The number of nitrogens with one attached hydrogen (secondary N) is 1. The maximum Gasteiger partial charge on any atom is 0.262 e. The van der Waals surface area contributed by atoms with Crippen molar-refractivity contribution in [1.29, 1.82) is 0 Å². The molecule has 2 rings (SSSR count). The molecule has 5 nitrogen and oxygen atoms in total. The third-order valence-corrected chi connectivity index (χ3v) is 4.43. The maximum atomic E-state index is 13.5. The molecule has 1 aromatic heterocycles. The monoisotopic (exact) mass is 329 g/mol. The summed E-state index contributed by atoms with van der Waals surface area (Å²) in [6.07, 6.45) is 1.51. The van der Waals surface area contributed by atoms with Crippen molar-refractivity contribution in [2.75, 3.05) is 10.5 Å². The molecule has 112 valence electrons. The van der Waals surface area contributed by atoms with Crippen LogP contribution in [0.15, 0.2) is 29.3 Å². The third kappa shape index (κ3) is 3.25. The highest BCUT2D eigenvalue weighted by molar-refractivity contribution is 7.92. The Kier molecular flexibility index (Phi) is 4.06. The van der Waals surface area contributed by atoms with Gasteiger partial charge in [0.2, 0.25) is 0 Å². The lowest BCUT2D eigenvalue weighted by molar-refractivity contribution is 0.599. The molecule has 21 heavy (non-hydrogen) atoms. The minimum atomic E-state index is -3.94. The van der Waals surface area contributed by atoms with Gasteiger partial charge in [-0.25, -0.2) is 17.8 Å². The third-order valence-electron chi connectivity index (χ3n) is 2.79. The van der Waals surface area contributed by atoms with Crippen molar-refractivity contribution in [2.24, 2.45) is 0 Å². The summed E-state index contributed by atoms with van der Waals surface area (Å²) in [5.41, 5.74) is 6.26. The summed E-state index contributed by atoms with van der Waals surface area (Å²) in [4.78, 5) is 3.72. The lowest BCUT2D eigenvalue weighted by atomic mass is 10.2. The highest BCUT2D eigenvalue weighted by atomic mass is 35.5. The van der Waals surface area contributed by atoms with Gasteiger partial charge in [0, 0.05) is 6.20 Å². The summed E-state index contributed by atoms with van der Waals surface area (Å²) >= 11 is 5.85. The number of pyridine rings is 1. The van der Waals surface area contributed by atoms with Crippen LogP contribution < -0.4 is 10.5 Å². The van der Waals surface area contributed by atoms with Crippen molar-refractivity contribution in [2.45, 2.75) is 18.7 Å². The van der Waals surface area contributed by atoms with Gasteiger partial charge in [-0.1, -0.05) is 11.6 Å². The molecule has 3 N–H and O–H groups in total. The van der Waals surface area contributed by atoms with Crippen LogP contribution in [0.5, 0.6) is 0 Å². The van der Waals surface area contributed by atoms with E-state index in [1.54, 1.807) is 13.0 Å². The fraction of sp³-hybridized carbons (Fsp3) is 0.154. The minimum absolute atomic E-state index is 0.0241. The second-order valence-electron chi connectivity index (χ2n) is 4.60. The van der Waals surface area contributed by atoms with E-state index < -0.39 is 15.8 Å². The highest BCUT2D eigenvalue weighted by Crippen LogP contribution is 2.26. The van der Waals surface area contributed by atoms with Crippen LogP contribution in [0.2, 0.25) is 5.15 Å². The summed E-state index contributed by atoms with van der Waals surface area (Å²) in [5.74, 6) is -0.635. The average Bonchev–Trinajstić information content (AvgIpc) is 2.39. The predicted octanol–water partition coefficient (Wildman–Crippen LogP) is 2.87. The van der Waals surface area contributed by atoms with Crippen molar-refractivity contribution in [3.63, 3.8) is 0 Å². The number of aromatic nitrogens is 1. The van der Waals surface area contributed by atoms with Crippen LogP contribution in [0.4, 0.5) is 15.8 Å². The molecule has 0 aliphatic heterocycles. The Morgan fingerprint density at radius 2 is 1.95 bits per heavy atom. The molecular weight excluding hydrogens is 317 g/mol. The fourth-order valence-electron chi connectivity index (χ4n) is 1.75. The van der Waals surface area contributed by atoms with Crippen LogP contribution in [0.1, 0.15) is 11.1 Å². The molecule has 0 aliphatic rings. The first-order chi connectivity index (χ1) is 9.70. The molecule has 0 atom stereocenters. The van der Waals surface area contributed by atoms with Gasteiger partial charge in [0.25, 0.3) is 10.0 Å². The average molecular weight is 330 g/mol. The Hall–Kier alpha value is -1.86. The van der Waals surface area contributed by atoms with Gasteiger partial charge >= 0.3 is 0 Å². The number of halogens is 2. The van der Waals surface area contributed by atoms with E-state index in [1.807, 2.05) is 0 Å². The quantitative estimate of drug-likeness (QED) is 0.669. The van der Waals surface area contributed by atoms with Crippen LogP contribution >= 0.6 is 11.6 Å². The molecule has 0 aliphatic carbocycles. The second-order valence-corrected chi connectivity index (χ2v) is 6.64. The first-order valence-electron chi connectivity index (χ1n) is 5.91. The zero-order valence-corrected chi connectivity index (χ0v) is 12.9. The Balaban J connectivity index is 2.46. The molecule has 0 bridgehead atoms. The van der Waals surface area contributed by atoms with E-state index in [2.05, 4.69) is 9.71 Å². The standard InChI is InChI=1S/C13H13ClFN3O2S/c1-7-3-11(13(14)17-6-7)18-21(19,20)9-4-8(2)12(15)10(16)5-9/h3-6,18H,16H2,1-2H3. The van der Waals surface area contributed by atoms with E-state index in [9.17, 15) is 12.8 Å². The number of rotatable bonds is 3. The molecule has 0 spiro atoms. The minimum Gasteiger partial charge on any atom is -0.396 e. The SMILES string of the molecule is Cc1cnc(Cl)c(NS(=O)(=O)c2cc(C)c(F)c(N)c2)c1. The largest absolute Gasteiger partial charge is 0.396 e. The topological polar surface area (TPSA) is 85.1 Å². The first-order valence-corrected chi connectivity index (χ1v) is 7.77. The number of hydrogen-bond acceptors (Lipinski definition) is 4. The Morgan fingerprint density at radius 1 is 1.29 bits per heavy atom. The molecule has 0 saturated heterocycles. The number of anilines is 2. The number of nitrogen functional groups attached to an aromatic ring is 1. The molecule has 0 saturated carbocycles. The van der Waals surface area contributed by atoms with Gasteiger partial charge in [0.1, 0.15) is 5.82 Å². The molecule has 2 aromatic rings. The summed E-state index contributed by atoms with van der Waals surface area (Å²) < 4.78 is 40.4. The molecule has 0 radical (unpaired) electrons. The highest BCUT2D eigenvalue weighted by Gasteiger charge is 2.19. The Morgan fingerprint density at radius 3 is 2.57 bits per heavy atom. The van der Waals surface area contributed by atoms with Gasteiger partial charge in [-0.05, 0) is 43.2 Å². The van der Waals surface area contributed by atoms with Gasteiger partial charge in [0.05, 0.1) is 16.3 Å². The van der Waals surface area contributed by atoms with Crippen LogP contribution in [-0.4, -0.2) is 13.4 Å². The van der Waals surface area contributed by atoms with Crippen molar-refractivity contribution in [3.8, 4) is 0 Å². The van der Waals surface area contributed by atoms with Crippen molar-refractivity contribution < 1.29 is 12.8 Å². The van der Waals surface area contributed by atoms with E-state index in [-0.39, 0.29) is 27.0 Å². The molecule has 1 heterocycles. The molecule has 0 fully saturated rings. The lowest BCUT2D eigenvalue weighted by Gasteiger charge is -2.11. The summed E-state index contributed by atoms with van der Waals surface area (Å²) in [7, 11) is -3.94.